The van der Waals surface area contributed by atoms with Gasteiger partial charge in [0.25, 0.3) is 0 Å². The Morgan fingerprint density at radius 2 is 1.53 bits per heavy atom. The summed E-state index contributed by atoms with van der Waals surface area (Å²) >= 11 is 0. The summed E-state index contributed by atoms with van der Waals surface area (Å²) in [4.78, 5) is 36.6. The van der Waals surface area contributed by atoms with Crippen LogP contribution in [0.3, 0.4) is 0 Å². The Bertz CT molecular complexity index is 1100. The number of carbonyl (C=O) groups excluding carboxylic acids is 2. The maximum Gasteiger partial charge on any atom is 0.236 e. The van der Waals surface area contributed by atoms with E-state index in [1.54, 1.807) is 0 Å². The second kappa shape index (κ2) is 11.4. The molecule has 3 aromatic rings. The normalized spacial score (nSPS) is 15.0. The number of rotatable bonds is 10. The number of fused-ring (bicyclic) bond motifs is 1. The fraction of sp³-hybridized carbons (Fsp3) is 0.444. The SMILES string of the molecule is CCN(CC)C(=O)CN1CCN(Cc2nc3ccccc3n2CCC(=O)c2ccccc2)CC1. The van der Waals surface area contributed by atoms with Crippen molar-refractivity contribution in [1.29, 1.82) is 0 Å². The number of ketones is 1. The highest BCUT2D eigenvalue weighted by molar-refractivity contribution is 5.96. The number of aryl methyl sites for hydroxylation is 1. The largest absolute Gasteiger partial charge is 0.342 e. The van der Waals surface area contributed by atoms with Crippen LogP contribution in [0.15, 0.2) is 54.6 Å². The van der Waals surface area contributed by atoms with Crippen molar-refractivity contribution in [3.63, 3.8) is 0 Å². The van der Waals surface area contributed by atoms with Crippen LogP contribution in [-0.4, -0.2) is 81.8 Å². The van der Waals surface area contributed by atoms with Crippen molar-refractivity contribution >= 4 is 22.7 Å². The van der Waals surface area contributed by atoms with E-state index in [0.717, 1.165) is 68.2 Å². The number of nitrogens with zero attached hydrogens (tertiary/aromatic N) is 5. The number of imidazole rings is 1. The summed E-state index contributed by atoms with van der Waals surface area (Å²) in [5, 5.41) is 0. The van der Waals surface area contributed by atoms with Gasteiger partial charge in [-0.25, -0.2) is 4.98 Å². The molecule has 0 N–H and O–H groups in total. The van der Waals surface area contributed by atoms with Crippen LogP contribution < -0.4 is 0 Å². The highest BCUT2D eigenvalue weighted by Gasteiger charge is 2.22. The number of aromatic nitrogens is 2. The van der Waals surface area contributed by atoms with Gasteiger partial charge in [0.1, 0.15) is 5.82 Å². The van der Waals surface area contributed by atoms with E-state index in [0.29, 0.717) is 19.5 Å². The molecule has 1 amide bonds. The minimum atomic E-state index is 0.149. The number of hydrogen-bond acceptors (Lipinski definition) is 5. The lowest BCUT2D eigenvalue weighted by Gasteiger charge is -2.35. The third kappa shape index (κ3) is 5.72. The van der Waals surface area contributed by atoms with Crippen molar-refractivity contribution in [2.45, 2.75) is 33.4 Å². The molecule has 34 heavy (non-hydrogen) atoms. The van der Waals surface area contributed by atoms with Gasteiger partial charge in [-0.1, -0.05) is 42.5 Å². The molecule has 1 aliphatic rings. The molecule has 2 heterocycles. The molecule has 0 radical (unpaired) electrons. The number of carbonyl (C=O) groups is 2. The van der Waals surface area contributed by atoms with Gasteiger partial charge in [-0.15, -0.1) is 0 Å². The van der Waals surface area contributed by atoms with Crippen LogP contribution in [0, 0.1) is 0 Å². The van der Waals surface area contributed by atoms with Crippen molar-refractivity contribution in [3.8, 4) is 0 Å². The van der Waals surface area contributed by atoms with Gasteiger partial charge >= 0.3 is 0 Å². The second-order valence-corrected chi connectivity index (χ2v) is 8.83. The summed E-state index contributed by atoms with van der Waals surface area (Å²) in [5.74, 6) is 1.36. The topological polar surface area (TPSA) is 61.7 Å². The number of likely N-dealkylation sites (N-methyl/N-ethyl adjacent to an activating group) is 1. The molecule has 2 aromatic carbocycles. The first-order chi connectivity index (χ1) is 16.6. The quantitative estimate of drug-likeness (QED) is 0.434. The summed E-state index contributed by atoms with van der Waals surface area (Å²) in [5.41, 5.74) is 2.79. The van der Waals surface area contributed by atoms with E-state index >= 15 is 0 Å². The summed E-state index contributed by atoms with van der Waals surface area (Å²) in [6, 6.07) is 17.6. The Hall–Kier alpha value is -3.03. The molecule has 4 rings (SSSR count). The van der Waals surface area contributed by atoms with Crippen molar-refractivity contribution in [3.05, 3.63) is 66.0 Å². The molecule has 1 fully saturated rings. The Labute approximate surface area is 202 Å². The lowest BCUT2D eigenvalue weighted by molar-refractivity contribution is -0.132. The van der Waals surface area contributed by atoms with Crippen molar-refractivity contribution in [1.82, 2.24) is 24.3 Å². The highest BCUT2D eigenvalue weighted by Crippen LogP contribution is 2.19. The van der Waals surface area contributed by atoms with Crippen LogP contribution in [-0.2, 0) is 17.9 Å². The zero-order valence-electron chi connectivity index (χ0n) is 20.3. The maximum atomic E-state index is 12.7. The Balaban J connectivity index is 1.39. The summed E-state index contributed by atoms with van der Waals surface area (Å²) in [7, 11) is 0. The van der Waals surface area contributed by atoms with E-state index in [-0.39, 0.29) is 11.7 Å². The van der Waals surface area contributed by atoms with Crippen molar-refractivity contribution < 1.29 is 9.59 Å². The Morgan fingerprint density at radius 1 is 0.882 bits per heavy atom. The maximum absolute atomic E-state index is 12.7. The molecular weight excluding hydrogens is 426 g/mol. The average Bonchev–Trinajstić information content (AvgIpc) is 3.22. The van der Waals surface area contributed by atoms with Crippen molar-refractivity contribution in [2.75, 3.05) is 45.8 Å². The van der Waals surface area contributed by atoms with E-state index in [2.05, 4.69) is 20.4 Å². The lowest BCUT2D eigenvalue weighted by Crippen LogP contribution is -2.49. The fourth-order valence-corrected chi connectivity index (χ4v) is 4.65. The van der Waals surface area contributed by atoms with Crippen LogP contribution in [0.25, 0.3) is 11.0 Å². The van der Waals surface area contributed by atoms with Crippen molar-refractivity contribution in [2.24, 2.45) is 0 Å². The monoisotopic (exact) mass is 461 g/mol. The van der Waals surface area contributed by atoms with E-state index < -0.39 is 0 Å². The van der Waals surface area contributed by atoms with Gasteiger partial charge < -0.3 is 9.47 Å². The van der Waals surface area contributed by atoms with Crippen LogP contribution in [0.5, 0.6) is 0 Å². The van der Waals surface area contributed by atoms with Gasteiger partial charge in [-0.05, 0) is 26.0 Å². The molecule has 1 aromatic heterocycles. The summed E-state index contributed by atoms with van der Waals surface area (Å²) in [6.45, 7) is 11.0. The highest BCUT2D eigenvalue weighted by atomic mass is 16.2. The molecule has 7 heteroatoms. The number of piperazine rings is 1. The number of amides is 1. The average molecular weight is 462 g/mol. The predicted molar refractivity (Wildman–Crippen MR) is 135 cm³/mol. The van der Waals surface area contributed by atoms with Crippen LogP contribution >= 0.6 is 0 Å². The molecule has 0 aliphatic carbocycles. The standard InChI is InChI=1S/C27H35N5O2/c1-3-31(4-2)27(34)21-30-18-16-29(17-19-30)20-26-28-23-12-8-9-13-24(23)32(26)15-14-25(33)22-10-6-5-7-11-22/h5-13H,3-4,14-21H2,1-2H3. The predicted octanol–water partition coefficient (Wildman–Crippen LogP) is 3.30. The number of Topliss-reactive ketones (excluding diaryl/α,β-unsaturated/α-hetero) is 1. The zero-order valence-corrected chi connectivity index (χ0v) is 20.3. The first kappa shape index (κ1) is 24.1. The van der Waals surface area contributed by atoms with Gasteiger partial charge in [0.15, 0.2) is 5.78 Å². The molecular formula is C27H35N5O2. The summed E-state index contributed by atoms with van der Waals surface area (Å²) in [6.07, 6.45) is 0.443. The fourth-order valence-electron chi connectivity index (χ4n) is 4.65. The van der Waals surface area contributed by atoms with Crippen LogP contribution in [0.1, 0.15) is 36.5 Å². The van der Waals surface area contributed by atoms with Crippen LogP contribution in [0.2, 0.25) is 0 Å². The summed E-state index contributed by atoms with van der Waals surface area (Å²) < 4.78 is 2.20. The molecule has 0 atom stereocenters. The smallest absolute Gasteiger partial charge is 0.236 e. The van der Waals surface area contributed by atoms with Crippen LogP contribution in [0.4, 0.5) is 0 Å². The molecule has 1 saturated heterocycles. The molecule has 0 spiro atoms. The van der Waals surface area contributed by atoms with Gasteiger partial charge in [0.2, 0.25) is 5.91 Å². The van der Waals surface area contributed by atoms with E-state index in [1.807, 2.05) is 67.3 Å². The van der Waals surface area contributed by atoms with Gasteiger partial charge in [0, 0.05) is 57.8 Å². The Morgan fingerprint density at radius 3 is 2.24 bits per heavy atom. The third-order valence-corrected chi connectivity index (χ3v) is 6.70. The molecule has 7 nitrogen and oxygen atoms in total. The van der Waals surface area contributed by atoms with E-state index in [4.69, 9.17) is 4.98 Å². The van der Waals surface area contributed by atoms with Gasteiger partial charge in [-0.3, -0.25) is 19.4 Å². The lowest BCUT2D eigenvalue weighted by atomic mass is 10.1. The first-order valence-electron chi connectivity index (χ1n) is 12.3. The minimum absolute atomic E-state index is 0.149. The van der Waals surface area contributed by atoms with E-state index in [1.165, 1.54) is 0 Å². The molecule has 180 valence electrons. The zero-order chi connectivity index (χ0) is 23.9. The Kier molecular flexibility index (Phi) is 8.08. The van der Waals surface area contributed by atoms with Gasteiger partial charge in [0.05, 0.1) is 24.1 Å². The second-order valence-electron chi connectivity index (χ2n) is 8.83. The van der Waals surface area contributed by atoms with Gasteiger partial charge in [-0.2, -0.15) is 0 Å². The number of para-hydroxylation sites is 2. The number of hydrogen-bond donors (Lipinski definition) is 0. The molecule has 0 unspecified atom stereocenters. The minimum Gasteiger partial charge on any atom is -0.342 e. The third-order valence-electron chi connectivity index (χ3n) is 6.70. The molecule has 1 aliphatic heterocycles. The van der Waals surface area contributed by atoms with E-state index in [9.17, 15) is 9.59 Å². The molecule has 0 bridgehead atoms. The number of benzene rings is 2. The molecule has 0 saturated carbocycles. The first-order valence-corrected chi connectivity index (χ1v) is 12.3.